The first-order valence-electron chi connectivity index (χ1n) is 4.16. The first-order valence-corrected chi connectivity index (χ1v) is 4.16. The molecule has 6 nitrogen and oxygen atoms in total. The van der Waals surface area contributed by atoms with Gasteiger partial charge in [0.15, 0.2) is 0 Å². The predicted molar refractivity (Wildman–Crippen MR) is 48.9 cm³/mol. The number of hydrogen-bond acceptors (Lipinski definition) is 3. The Bertz CT molecular complexity index is 402. The zero-order valence-electron chi connectivity index (χ0n) is 8.39. The smallest absolute Gasteiger partial charge is 0.345 e. The molecule has 1 aromatic heterocycles. The van der Waals surface area contributed by atoms with Gasteiger partial charge in [0.25, 0.3) is 0 Å². The highest BCUT2D eigenvalue weighted by molar-refractivity contribution is 5.73. The molecule has 0 aromatic carbocycles. The van der Waals surface area contributed by atoms with Gasteiger partial charge in [0, 0.05) is 7.05 Å². The quantitative estimate of drug-likeness (QED) is 0.724. The molecule has 1 heterocycles. The molecule has 0 radical (unpaired) electrons. The van der Waals surface area contributed by atoms with E-state index in [2.05, 4.69) is 5.10 Å². The van der Waals surface area contributed by atoms with Gasteiger partial charge < -0.3 is 5.11 Å². The Labute approximate surface area is 80.8 Å². The second-order valence-electron chi connectivity index (χ2n) is 3.87. The molecule has 0 aliphatic rings. The lowest BCUT2D eigenvalue weighted by Crippen LogP contribution is -2.34. The molecule has 0 amide bonds. The standard InChI is InChI=1S/C8H13N3O3/c1-8(2,6(12)13)4-11-7(14)10(3)5-9-11/h5H,4H2,1-3H3,(H,12,13). The highest BCUT2D eigenvalue weighted by Crippen LogP contribution is 2.16. The van der Waals surface area contributed by atoms with Gasteiger partial charge in [-0.3, -0.25) is 9.36 Å². The predicted octanol–water partition coefficient (Wildman–Crippen LogP) is -0.307. The highest BCUT2D eigenvalue weighted by atomic mass is 16.4. The van der Waals surface area contributed by atoms with Gasteiger partial charge >= 0.3 is 11.7 Å². The van der Waals surface area contributed by atoms with E-state index < -0.39 is 11.4 Å². The molecule has 1 N–H and O–H groups in total. The Balaban J connectivity index is 2.95. The minimum Gasteiger partial charge on any atom is -0.481 e. The molecule has 0 spiro atoms. The molecular formula is C8H13N3O3. The Morgan fingerprint density at radius 1 is 1.64 bits per heavy atom. The number of aromatic nitrogens is 3. The van der Waals surface area contributed by atoms with Crippen molar-refractivity contribution >= 4 is 5.97 Å². The summed E-state index contributed by atoms with van der Waals surface area (Å²) in [6.07, 6.45) is 1.36. The van der Waals surface area contributed by atoms with Gasteiger partial charge in [-0.15, -0.1) is 0 Å². The van der Waals surface area contributed by atoms with E-state index in [0.29, 0.717) is 0 Å². The molecule has 0 saturated heterocycles. The number of aryl methyl sites for hydroxylation is 1. The number of carboxylic acid groups (broad SMARTS) is 1. The number of rotatable bonds is 3. The Kier molecular flexibility index (Phi) is 2.46. The van der Waals surface area contributed by atoms with Crippen molar-refractivity contribution < 1.29 is 9.90 Å². The maximum absolute atomic E-state index is 11.3. The number of carboxylic acids is 1. The number of aliphatic carboxylic acids is 1. The van der Waals surface area contributed by atoms with Gasteiger partial charge in [0.1, 0.15) is 6.33 Å². The molecule has 0 aliphatic carbocycles. The average Bonchev–Trinajstić information content (AvgIpc) is 2.35. The number of hydrogen-bond donors (Lipinski definition) is 1. The maximum atomic E-state index is 11.3. The van der Waals surface area contributed by atoms with Gasteiger partial charge in [-0.25, -0.2) is 9.48 Å². The van der Waals surface area contributed by atoms with Gasteiger partial charge in [0.2, 0.25) is 0 Å². The fourth-order valence-electron chi connectivity index (χ4n) is 0.971. The van der Waals surface area contributed by atoms with Crippen molar-refractivity contribution in [2.24, 2.45) is 12.5 Å². The van der Waals surface area contributed by atoms with Crippen LogP contribution in [0.2, 0.25) is 0 Å². The van der Waals surface area contributed by atoms with E-state index in [1.807, 2.05) is 0 Å². The van der Waals surface area contributed by atoms with Gasteiger partial charge in [-0.05, 0) is 13.8 Å². The van der Waals surface area contributed by atoms with Gasteiger partial charge in [-0.1, -0.05) is 0 Å². The lowest BCUT2D eigenvalue weighted by molar-refractivity contribution is -0.147. The molecule has 1 aromatic rings. The Morgan fingerprint density at radius 2 is 2.21 bits per heavy atom. The second kappa shape index (κ2) is 3.28. The molecule has 0 bridgehead atoms. The summed E-state index contributed by atoms with van der Waals surface area (Å²) < 4.78 is 2.45. The van der Waals surface area contributed by atoms with Crippen molar-refractivity contribution in [2.75, 3.05) is 0 Å². The summed E-state index contributed by atoms with van der Waals surface area (Å²) in [5.41, 5.74) is -1.29. The fourth-order valence-corrected chi connectivity index (χ4v) is 0.971. The summed E-state index contributed by atoms with van der Waals surface area (Å²) in [4.78, 5) is 22.1. The van der Waals surface area contributed by atoms with E-state index in [-0.39, 0.29) is 12.2 Å². The summed E-state index contributed by atoms with van der Waals surface area (Å²) >= 11 is 0. The largest absolute Gasteiger partial charge is 0.481 e. The van der Waals surface area contributed by atoms with Crippen LogP contribution in [0.25, 0.3) is 0 Å². The van der Waals surface area contributed by atoms with E-state index in [0.717, 1.165) is 4.68 Å². The van der Waals surface area contributed by atoms with Crippen LogP contribution < -0.4 is 5.69 Å². The molecule has 0 saturated carbocycles. The van der Waals surface area contributed by atoms with Crippen molar-refractivity contribution in [3.05, 3.63) is 16.8 Å². The van der Waals surface area contributed by atoms with Crippen LogP contribution in [0.4, 0.5) is 0 Å². The molecule has 0 atom stereocenters. The number of carbonyl (C=O) groups is 1. The van der Waals surface area contributed by atoms with Crippen molar-refractivity contribution in [3.8, 4) is 0 Å². The third-order valence-electron chi connectivity index (χ3n) is 2.01. The summed E-state index contributed by atoms with van der Waals surface area (Å²) in [6.45, 7) is 3.18. The zero-order chi connectivity index (χ0) is 10.9. The molecular weight excluding hydrogens is 186 g/mol. The third kappa shape index (κ3) is 1.84. The molecule has 6 heteroatoms. The molecule has 0 unspecified atom stereocenters. The summed E-state index contributed by atoms with van der Waals surface area (Å²) in [7, 11) is 1.57. The van der Waals surface area contributed by atoms with Crippen molar-refractivity contribution in [1.29, 1.82) is 0 Å². The van der Waals surface area contributed by atoms with Crippen molar-refractivity contribution in [3.63, 3.8) is 0 Å². The van der Waals surface area contributed by atoms with Gasteiger partial charge in [-0.2, -0.15) is 5.10 Å². The monoisotopic (exact) mass is 199 g/mol. The van der Waals surface area contributed by atoms with Crippen molar-refractivity contribution in [1.82, 2.24) is 14.3 Å². The van der Waals surface area contributed by atoms with Crippen LogP contribution >= 0.6 is 0 Å². The van der Waals surface area contributed by atoms with E-state index in [9.17, 15) is 9.59 Å². The highest BCUT2D eigenvalue weighted by Gasteiger charge is 2.28. The second-order valence-corrected chi connectivity index (χ2v) is 3.87. The zero-order valence-corrected chi connectivity index (χ0v) is 8.39. The van der Waals surface area contributed by atoms with E-state index in [1.54, 1.807) is 20.9 Å². The lowest BCUT2D eigenvalue weighted by atomic mass is 9.94. The molecule has 78 valence electrons. The number of nitrogens with zero attached hydrogens (tertiary/aromatic N) is 3. The molecule has 0 aliphatic heterocycles. The van der Waals surface area contributed by atoms with Gasteiger partial charge in [0.05, 0.1) is 12.0 Å². The van der Waals surface area contributed by atoms with Crippen LogP contribution in [-0.4, -0.2) is 25.4 Å². The van der Waals surface area contributed by atoms with E-state index in [1.165, 1.54) is 10.9 Å². The van der Waals surface area contributed by atoms with Crippen LogP contribution in [0.15, 0.2) is 11.1 Å². The van der Waals surface area contributed by atoms with E-state index in [4.69, 9.17) is 5.11 Å². The van der Waals surface area contributed by atoms with Crippen LogP contribution in [-0.2, 0) is 18.4 Å². The average molecular weight is 199 g/mol. The van der Waals surface area contributed by atoms with Crippen LogP contribution in [0.3, 0.4) is 0 Å². The molecule has 1 rings (SSSR count). The summed E-state index contributed by atoms with van der Waals surface area (Å²) in [5, 5.41) is 12.6. The fraction of sp³-hybridized carbons (Fsp3) is 0.625. The Morgan fingerprint density at radius 3 is 2.57 bits per heavy atom. The summed E-state index contributed by atoms with van der Waals surface area (Å²) in [5.74, 6) is -0.949. The molecule has 14 heavy (non-hydrogen) atoms. The van der Waals surface area contributed by atoms with Crippen LogP contribution in [0, 0.1) is 5.41 Å². The first kappa shape index (κ1) is 10.5. The van der Waals surface area contributed by atoms with E-state index >= 15 is 0 Å². The minimum absolute atomic E-state index is 0.0714. The topological polar surface area (TPSA) is 77.1 Å². The van der Waals surface area contributed by atoms with Crippen molar-refractivity contribution in [2.45, 2.75) is 20.4 Å². The molecule has 0 fully saturated rings. The third-order valence-corrected chi connectivity index (χ3v) is 2.01. The SMILES string of the molecule is Cn1cnn(CC(C)(C)C(=O)O)c1=O. The maximum Gasteiger partial charge on any atom is 0.345 e. The normalized spacial score (nSPS) is 11.6. The Hall–Kier alpha value is -1.59. The minimum atomic E-state index is -0.988. The lowest BCUT2D eigenvalue weighted by Gasteiger charge is -2.17. The first-order chi connectivity index (χ1) is 6.34. The van der Waals surface area contributed by atoms with Crippen LogP contribution in [0.5, 0.6) is 0 Å². The van der Waals surface area contributed by atoms with Crippen LogP contribution in [0.1, 0.15) is 13.8 Å². The summed E-state index contributed by atoms with van der Waals surface area (Å²) in [6, 6.07) is 0.